The van der Waals surface area contributed by atoms with Crippen LogP contribution in [0.5, 0.6) is 5.75 Å². The molecule has 0 aliphatic heterocycles. The zero-order valence-electron chi connectivity index (χ0n) is 9.97. The molecule has 3 rings (SSSR count). The Hall–Kier alpha value is -1.91. The Bertz CT molecular complexity index is 539. The zero-order chi connectivity index (χ0) is 12.4. The first-order valence-electron chi connectivity index (χ1n) is 6.11. The van der Waals surface area contributed by atoms with E-state index in [9.17, 15) is 4.39 Å². The van der Waals surface area contributed by atoms with Crippen LogP contribution < -0.4 is 4.74 Å². The summed E-state index contributed by atoms with van der Waals surface area (Å²) in [4.78, 5) is 0. The fourth-order valence-electron chi connectivity index (χ4n) is 2.32. The second-order valence-corrected chi connectivity index (χ2v) is 4.41. The molecule has 1 aromatic heterocycles. The van der Waals surface area contributed by atoms with Crippen molar-refractivity contribution in [2.45, 2.75) is 25.8 Å². The molecule has 1 aromatic carbocycles. The molecule has 0 atom stereocenters. The average Bonchev–Trinajstić information content (AvgIpc) is 2.99. The SMILES string of the molecule is Fc1cc(OCCn2ccnn2)cc2c1CCC2. The highest BCUT2D eigenvalue weighted by Gasteiger charge is 2.16. The van der Waals surface area contributed by atoms with Gasteiger partial charge >= 0.3 is 0 Å². The van der Waals surface area contributed by atoms with E-state index in [0.717, 1.165) is 30.4 Å². The van der Waals surface area contributed by atoms with Gasteiger partial charge in [0.05, 0.1) is 12.7 Å². The van der Waals surface area contributed by atoms with Gasteiger partial charge in [0.15, 0.2) is 0 Å². The van der Waals surface area contributed by atoms with Crippen molar-refractivity contribution in [3.63, 3.8) is 0 Å². The largest absolute Gasteiger partial charge is 0.492 e. The number of hydrogen-bond acceptors (Lipinski definition) is 3. The average molecular weight is 247 g/mol. The van der Waals surface area contributed by atoms with Crippen LogP contribution in [0.25, 0.3) is 0 Å². The van der Waals surface area contributed by atoms with Crippen molar-refractivity contribution in [2.75, 3.05) is 6.61 Å². The minimum atomic E-state index is -0.138. The van der Waals surface area contributed by atoms with Crippen molar-refractivity contribution in [3.8, 4) is 5.75 Å². The Balaban J connectivity index is 1.65. The first kappa shape index (κ1) is 11.2. The van der Waals surface area contributed by atoms with Gasteiger partial charge in [-0.15, -0.1) is 5.10 Å². The molecule has 0 radical (unpaired) electrons. The topological polar surface area (TPSA) is 39.9 Å². The normalized spacial score (nSPS) is 13.6. The van der Waals surface area contributed by atoms with Crippen molar-refractivity contribution in [3.05, 3.63) is 41.5 Å². The highest BCUT2D eigenvalue weighted by Crippen LogP contribution is 2.28. The summed E-state index contributed by atoms with van der Waals surface area (Å²) in [5, 5.41) is 7.54. The number of aromatic nitrogens is 3. The van der Waals surface area contributed by atoms with E-state index in [2.05, 4.69) is 10.3 Å². The minimum absolute atomic E-state index is 0.138. The molecule has 0 bridgehead atoms. The maximum absolute atomic E-state index is 13.7. The van der Waals surface area contributed by atoms with Gasteiger partial charge in [-0.3, -0.25) is 0 Å². The lowest BCUT2D eigenvalue weighted by molar-refractivity contribution is 0.288. The van der Waals surface area contributed by atoms with Gasteiger partial charge in [0, 0.05) is 12.3 Å². The molecule has 4 nitrogen and oxygen atoms in total. The molecule has 5 heteroatoms. The Morgan fingerprint density at radius 1 is 1.33 bits per heavy atom. The van der Waals surface area contributed by atoms with E-state index in [1.807, 2.05) is 6.07 Å². The summed E-state index contributed by atoms with van der Waals surface area (Å²) in [7, 11) is 0. The van der Waals surface area contributed by atoms with Gasteiger partial charge in [-0.05, 0) is 36.5 Å². The number of fused-ring (bicyclic) bond motifs is 1. The highest BCUT2D eigenvalue weighted by molar-refractivity contribution is 5.39. The summed E-state index contributed by atoms with van der Waals surface area (Å²) in [6, 6.07) is 3.43. The predicted octanol–water partition coefficient (Wildman–Crippen LogP) is 1.98. The summed E-state index contributed by atoms with van der Waals surface area (Å²) < 4.78 is 21.0. The summed E-state index contributed by atoms with van der Waals surface area (Å²) in [6.07, 6.45) is 6.23. The van der Waals surface area contributed by atoms with Crippen molar-refractivity contribution in [1.82, 2.24) is 15.0 Å². The third-order valence-corrected chi connectivity index (χ3v) is 3.20. The first-order valence-corrected chi connectivity index (χ1v) is 6.11. The van der Waals surface area contributed by atoms with Crippen LogP contribution in [-0.4, -0.2) is 21.6 Å². The zero-order valence-corrected chi connectivity index (χ0v) is 9.97. The monoisotopic (exact) mass is 247 g/mol. The van der Waals surface area contributed by atoms with Gasteiger partial charge < -0.3 is 4.74 Å². The van der Waals surface area contributed by atoms with E-state index in [0.29, 0.717) is 18.9 Å². The van der Waals surface area contributed by atoms with Gasteiger partial charge in [0.25, 0.3) is 0 Å². The summed E-state index contributed by atoms with van der Waals surface area (Å²) in [6.45, 7) is 1.07. The number of benzene rings is 1. The second kappa shape index (κ2) is 4.76. The van der Waals surface area contributed by atoms with Crippen molar-refractivity contribution < 1.29 is 9.13 Å². The molecule has 94 valence electrons. The molecular weight excluding hydrogens is 233 g/mol. The summed E-state index contributed by atoms with van der Waals surface area (Å²) in [5.74, 6) is 0.467. The van der Waals surface area contributed by atoms with E-state index >= 15 is 0 Å². The van der Waals surface area contributed by atoms with Crippen molar-refractivity contribution in [1.29, 1.82) is 0 Å². The molecule has 2 aromatic rings. The van der Waals surface area contributed by atoms with Crippen LogP contribution in [-0.2, 0) is 19.4 Å². The lowest BCUT2D eigenvalue weighted by Crippen LogP contribution is -2.09. The maximum atomic E-state index is 13.7. The number of hydrogen-bond donors (Lipinski definition) is 0. The Morgan fingerprint density at radius 3 is 3.11 bits per heavy atom. The molecule has 0 saturated carbocycles. The van der Waals surface area contributed by atoms with Gasteiger partial charge in [0.1, 0.15) is 18.2 Å². The summed E-state index contributed by atoms with van der Waals surface area (Å²) in [5.41, 5.74) is 1.95. The molecule has 1 aliphatic rings. The quantitative estimate of drug-likeness (QED) is 0.829. The molecule has 0 amide bonds. The van der Waals surface area contributed by atoms with E-state index in [4.69, 9.17) is 4.74 Å². The summed E-state index contributed by atoms with van der Waals surface area (Å²) >= 11 is 0. The van der Waals surface area contributed by atoms with E-state index in [1.54, 1.807) is 17.1 Å². The fourth-order valence-corrected chi connectivity index (χ4v) is 2.32. The van der Waals surface area contributed by atoms with Gasteiger partial charge in [-0.2, -0.15) is 0 Å². The number of rotatable bonds is 4. The van der Waals surface area contributed by atoms with Crippen LogP contribution in [0.3, 0.4) is 0 Å². The van der Waals surface area contributed by atoms with Crippen LogP contribution in [0.15, 0.2) is 24.5 Å². The molecular formula is C13H14FN3O. The third-order valence-electron chi connectivity index (χ3n) is 3.20. The molecule has 18 heavy (non-hydrogen) atoms. The molecule has 1 heterocycles. The molecule has 0 spiro atoms. The van der Waals surface area contributed by atoms with Crippen LogP contribution in [0.2, 0.25) is 0 Å². The first-order chi connectivity index (χ1) is 8.83. The lowest BCUT2D eigenvalue weighted by atomic mass is 10.1. The minimum Gasteiger partial charge on any atom is -0.492 e. The standard InChI is InChI=1S/C13H14FN3O/c14-13-9-11(8-10-2-1-3-12(10)13)18-7-6-17-5-4-15-16-17/h4-5,8-9H,1-3,6-7H2. The predicted molar refractivity (Wildman–Crippen MR) is 63.9 cm³/mol. The van der Waals surface area contributed by atoms with Crippen molar-refractivity contribution >= 4 is 0 Å². The van der Waals surface area contributed by atoms with E-state index in [1.165, 1.54) is 6.07 Å². The Labute approximate surface area is 104 Å². The second-order valence-electron chi connectivity index (χ2n) is 4.41. The van der Waals surface area contributed by atoms with Crippen LogP contribution in [0, 0.1) is 5.82 Å². The van der Waals surface area contributed by atoms with Crippen molar-refractivity contribution in [2.24, 2.45) is 0 Å². The van der Waals surface area contributed by atoms with E-state index < -0.39 is 0 Å². The molecule has 0 unspecified atom stereocenters. The maximum Gasteiger partial charge on any atom is 0.130 e. The van der Waals surface area contributed by atoms with E-state index in [-0.39, 0.29) is 5.82 Å². The Morgan fingerprint density at radius 2 is 2.28 bits per heavy atom. The fraction of sp³-hybridized carbons (Fsp3) is 0.385. The third kappa shape index (κ3) is 2.20. The van der Waals surface area contributed by atoms with Crippen LogP contribution in [0.1, 0.15) is 17.5 Å². The molecule has 0 saturated heterocycles. The van der Waals surface area contributed by atoms with Gasteiger partial charge in [-0.1, -0.05) is 5.21 Å². The van der Waals surface area contributed by atoms with Crippen LogP contribution >= 0.6 is 0 Å². The smallest absolute Gasteiger partial charge is 0.130 e. The number of ether oxygens (including phenoxy) is 1. The van der Waals surface area contributed by atoms with Crippen LogP contribution in [0.4, 0.5) is 4.39 Å². The molecule has 0 N–H and O–H groups in total. The van der Waals surface area contributed by atoms with Gasteiger partial charge in [0.2, 0.25) is 0 Å². The highest BCUT2D eigenvalue weighted by atomic mass is 19.1. The number of aryl methyl sites for hydroxylation is 1. The Kier molecular flexibility index (Phi) is 2.96. The number of nitrogens with zero attached hydrogens (tertiary/aromatic N) is 3. The molecule has 1 aliphatic carbocycles. The van der Waals surface area contributed by atoms with Gasteiger partial charge in [-0.25, -0.2) is 9.07 Å². The number of halogens is 1. The molecule has 0 fully saturated rings. The lowest BCUT2D eigenvalue weighted by Gasteiger charge is -2.09.